The van der Waals surface area contributed by atoms with Crippen LogP contribution >= 0.6 is 31.9 Å². The van der Waals surface area contributed by atoms with Crippen LogP contribution < -0.4 is 0 Å². The summed E-state index contributed by atoms with van der Waals surface area (Å²) in [6, 6.07) is 0. The molecule has 0 aliphatic heterocycles. The van der Waals surface area contributed by atoms with Gasteiger partial charge in [-0.25, -0.2) is 0 Å². The summed E-state index contributed by atoms with van der Waals surface area (Å²) >= 11 is 6.85. The number of nitrogens with zero attached hydrogens (tertiary/aromatic N) is 1. The fourth-order valence-electron chi connectivity index (χ4n) is 0.917. The van der Waals surface area contributed by atoms with Crippen molar-refractivity contribution >= 4 is 31.9 Å². The third kappa shape index (κ3) is 3.52. The SMILES string of the molecule is C=CCCOCc1c(Br)cncc1Br. The molecule has 1 rings (SSSR count). The van der Waals surface area contributed by atoms with Crippen molar-refractivity contribution in [2.75, 3.05) is 6.61 Å². The monoisotopic (exact) mass is 319 g/mol. The molecule has 1 aromatic heterocycles. The van der Waals surface area contributed by atoms with Crippen LogP contribution in [-0.4, -0.2) is 11.6 Å². The highest BCUT2D eigenvalue weighted by molar-refractivity contribution is 9.11. The Balaban J connectivity index is 2.53. The minimum atomic E-state index is 0.581. The van der Waals surface area contributed by atoms with Crippen molar-refractivity contribution in [3.05, 3.63) is 39.6 Å². The maximum atomic E-state index is 5.46. The molecule has 0 aliphatic carbocycles. The van der Waals surface area contributed by atoms with Crippen LogP contribution in [0.5, 0.6) is 0 Å². The van der Waals surface area contributed by atoms with E-state index in [1.165, 1.54) is 0 Å². The van der Waals surface area contributed by atoms with Crippen molar-refractivity contribution in [2.45, 2.75) is 13.0 Å². The molecule has 1 heterocycles. The van der Waals surface area contributed by atoms with E-state index in [9.17, 15) is 0 Å². The molecule has 0 aromatic carbocycles. The van der Waals surface area contributed by atoms with Gasteiger partial charge in [0.15, 0.2) is 0 Å². The molecule has 0 saturated carbocycles. The van der Waals surface area contributed by atoms with E-state index in [-0.39, 0.29) is 0 Å². The number of halogens is 2. The molecular weight excluding hydrogens is 310 g/mol. The van der Waals surface area contributed by atoms with Gasteiger partial charge in [-0.05, 0) is 38.3 Å². The maximum absolute atomic E-state index is 5.46. The van der Waals surface area contributed by atoms with Gasteiger partial charge in [-0.2, -0.15) is 0 Å². The standard InChI is InChI=1S/C10H11Br2NO/c1-2-3-4-14-7-8-9(11)5-13-6-10(8)12/h2,5-6H,1,3-4,7H2. The largest absolute Gasteiger partial charge is 0.376 e. The smallest absolute Gasteiger partial charge is 0.0740 e. The van der Waals surface area contributed by atoms with Gasteiger partial charge < -0.3 is 4.74 Å². The van der Waals surface area contributed by atoms with Crippen LogP contribution in [0.2, 0.25) is 0 Å². The molecule has 0 spiro atoms. The topological polar surface area (TPSA) is 22.1 Å². The van der Waals surface area contributed by atoms with Gasteiger partial charge in [0.1, 0.15) is 0 Å². The lowest BCUT2D eigenvalue weighted by Crippen LogP contribution is -1.97. The summed E-state index contributed by atoms with van der Waals surface area (Å²) in [5, 5.41) is 0. The Morgan fingerprint density at radius 1 is 1.36 bits per heavy atom. The van der Waals surface area contributed by atoms with Crippen molar-refractivity contribution in [1.82, 2.24) is 4.98 Å². The molecule has 0 saturated heterocycles. The molecule has 0 aliphatic rings. The quantitative estimate of drug-likeness (QED) is 0.609. The predicted molar refractivity (Wildman–Crippen MR) is 64.1 cm³/mol. The van der Waals surface area contributed by atoms with Crippen LogP contribution in [-0.2, 0) is 11.3 Å². The number of hydrogen-bond donors (Lipinski definition) is 0. The number of rotatable bonds is 5. The van der Waals surface area contributed by atoms with E-state index in [2.05, 4.69) is 43.4 Å². The highest BCUT2D eigenvalue weighted by atomic mass is 79.9. The summed E-state index contributed by atoms with van der Waals surface area (Å²) in [6.45, 7) is 4.91. The zero-order valence-corrected chi connectivity index (χ0v) is 10.8. The average Bonchev–Trinajstić information content (AvgIpc) is 2.16. The number of hydrogen-bond acceptors (Lipinski definition) is 2. The van der Waals surface area contributed by atoms with Gasteiger partial charge in [-0.15, -0.1) is 6.58 Å². The number of aromatic nitrogens is 1. The van der Waals surface area contributed by atoms with E-state index in [1.54, 1.807) is 12.4 Å². The van der Waals surface area contributed by atoms with Gasteiger partial charge in [0.25, 0.3) is 0 Å². The molecule has 0 amide bonds. The summed E-state index contributed by atoms with van der Waals surface area (Å²) in [5.41, 5.74) is 1.09. The first kappa shape index (κ1) is 11.9. The molecule has 76 valence electrons. The van der Waals surface area contributed by atoms with Gasteiger partial charge in [0.05, 0.1) is 13.2 Å². The third-order valence-electron chi connectivity index (χ3n) is 1.67. The summed E-state index contributed by atoms with van der Waals surface area (Å²) in [7, 11) is 0. The Labute approximate surface area is 101 Å². The van der Waals surface area contributed by atoms with E-state index in [4.69, 9.17) is 4.74 Å². The lowest BCUT2D eigenvalue weighted by molar-refractivity contribution is 0.124. The third-order valence-corrected chi connectivity index (χ3v) is 3.03. The lowest BCUT2D eigenvalue weighted by atomic mass is 10.3. The van der Waals surface area contributed by atoms with Gasteiger partial charge in [-0.3, -0.25) is 4.98 Å². The fourth-order valence-corrected chi connectivity index (χ4v) is 2.08. The van der Waals surface area contributed by atoms with Crippen LogP contribution in [0.15, 0.2) is 34.0 Å². The fraction of sp³-hybridized carbons (Fsp3) is 0.300. The second-order valence-electron chi connectivity index (χ2n) is 2.71. The van der Waals surface area contributed by atoms with Crippen LogP contribution in [0.4, 0.5) is 0 Å². The molecule has 0 unspecified atom stereocenters. The summed E-state index contributed by atoms with van der Waals surface area (Å²) in [4.78, 5) is 4.02. The van der Waals surface area contributed by atoms with Crippen molar-refractivity contribution in [1.29, 1.82) is 0 Å². The molecule has 4 heteroatoms. The molecule has 0 bridgehead atoms. The van der Waals surface area contributed by atoms with Crippen LogP contribution in [0, 0.1) is 0 Å². The second kappa shape index (κ2) is 6.32. The van der Waals surface area contributed by atoms with Crippen molar-refractivity contribution in [3.63, 3.8) is 0 Å². The predicted octanol–water partition coefficient (Wildman–Crippen LogP) is 3.70. The summed E-state index contributed by atoms with van der Waals surface area (Å²) in [5.74, 6) is 0. The summed E-state index contributed by atoms with van der Waals surface area (Å²) in [6.07, 6.45) is 6.24. The zero-order valence-electron chi connectivity index (χ0n) is 7.67. The number of ether oxygens (including phenoxy) is 1. The van der Waals surface area contributed by atoms with Crippen LogP contribution in [0.1, 0.15) is 12.0 Å². The van der Waals surface area contributed by atoms with Crippen molar-refractivity contribution < 1.29 is 4.74 Å². The maximum Gasteiger partial charge on any atom is 0.0740 e. The van der Waals surface area contributed by atoms with Gasteiger partial charge in [0, 0.05) is 26.9 Å². The normalized spacial score (nSPS) is 10.1. The molecule has 1 aromatic rings. The molecule has 14 heavy (non-hydrogen) atoms. The van der Waals surface area contributed by atoms with E-state index < -0.39 is 0 Å². The Kier molecular flexibility index (Phi) is 5.37. The minimum Gasteiger partial charge on any atom is -0.376 e. The highest BCUT2D eigenvalue weighted by Crippen LogP contribution is 2.24. The molecule has 2 nitrogen and oxygen atoms in total. The van der Waals surface area contributed by atoms with Gasteiger partial charge in [0.2, 0.25) is 0 Å². The molecule has 0 fully saturated rings. The average molecular weight is 321 g/mol. The van der Waals surface area contributed by atoms with Crippen molar-refractivity contribution in [3.8, 4) is 0 Å². The Morgan fingerprint density at radius 3 is 2.57 bits per heavy atom. The van der Waals surface area contributed by atoms with Gasteiger partial charge in [-0.1, -0.05) is 6.08 Å². The Morgan fingerprint density at radius 2 is 2.00 bits per heavy atom. The second-order valence-corrected chi connectivity index (χ2v) is 4.42. The zero-order chi connectivity index (χ0) is 10.4. The molecule has 0 N–H and O–H groups in total. The van der Waals surface area contributed by atoms with E-state index in [0.717, 1.165) is 20.9 Å². The molecular formula is C10H11Br2NO. The lowest BCUT2D eigenvalue weighted by Gasteiger charge is -2.06. The minimum absolute atomic E-state index is 0.581. The Hall–Kier alpha value is -0.190. The Bertz CT molecular complexity index is 295. The van der Waals surface area contributed by atoms with Crippen LogP contribution in [0.25, 0.3) is 0 Å². The first-order valence-corrected chi connectivity index (χ1v) is 5.81. The van der Waals surface area contributed by atoms with Crippen molar-refractivity contribution in [2.24, 2.45) is 0 Å². The number of pyridine rings is 1. The summed E-state index contributed by atoms with van der Waals surface area (Å²) < 4.78 is 7.39. The molecule has 0 radical (unpaired) electrons. The molecule has 0 atom stereocenters. The van der Waals surface area contributed by atoms with Crippen LogP contribution in [0.3, 0.4) is 0 Å². The van der Waals surface area contributed by atoms with Gasteiger partial charge >= 0.3 is 0 Å². The first-order chi connectivity index (χ1) is 6.75. The highest BCUT2D eigenvalue weighted by Gasteiger charge is 2.04. The van der Waals surface area contributed by atoms with E-state index >= 15 is 0 Å². The first-order valence-electron chi connectivity index (χ1n) is 4.22. The van der Waals surface area contributed by atoms with E-state index in [0.29, 0.717) is 13.2 Å². The van der Waals surface area contributed by atoms with E-state index in [1.807, 2.05) is 6.08 Å².